The summed E-state index contributed by atoms with van der Waals surface area (Å²) in [6, 6.07) is 12.7. The Hall–Kier alpha value is -2.50. The molecule has 0 radical (unpaired) electrons. The zero-order chi connectivity index (χ0) is 17.6. The lowest BCUT2D eigenvalue weighted by molar-refractivity contribution is -0.137. The molecule has 2 N–H and O–H groups in total. The Labute approximate surface area is 138 Å². The number of anilines is 1. The smallest absolute Gasteiger partial charge is 0.385 e. The summed E-state index contributed by atoms with van der Waals surface area (Å²) in [6.45, 7) is 2.68. The van der Waals surface area contributed by atoms with Crippen molar-refractivity contribution in [3.63, 3.8) is 0 Å². The summed E-state index contributed by atoms with van der Waals surface area (Å²) in [4.78, 5) is 11.8. The zero-order valence-electron chi connectivity index (χ0n) is 13.3. The number of halogens is 3. The molecule has 0 bridgehead atoms. The monoisotopic (exact) mass is 336 g/mol. The molecule has 3 nitrogen and oxygen atoms in total. The number of aryl methyl sites for hydroxylation is 1. The third-order valence-electron chi connectivity index (χ3n) is 3.44. The number of rotatable bonds is 6. The minimum Gasteiger partial charge on any atom is -0.385 e. The predicted molar refractivity (Wildman–Crippen MR) is 87.6 cm³/mol. The van der Waals surface area contributed by atoms with Crippen LogP contribution in [0.3, 0.4) is 0 Å². The topological polar surface area (TPSA) is 41.1 Å². The molecule has 2 rings (SSSR count). The minimum atomic E-state index is -4.37. The van der Waals surface area contributed by atoms with E-state index in [9.17, 15) is 18.0 Å². The second-order valence-electron chi connectivity index (χ2n) is 5.52. The van der Waals surface area contributed by atoms with Gasteiger partial charge in [0.15, 0.2) is 0 Å². The summed E-state index contributed by atoms with van der Waals surface area (Å²) in [6.07, 6.45) is -4.19. The van der Waals surface area contributed by atoms with Crippen LogP contribution < -0.4 is 10.6 Å². The Morgan fingerprint density at radius 3 is 2.54 bits per heavy atom. The lowest BCUT2D eigenvalue weighted by Gasteiger charge is -2.11. The van der Waals surface area contributed by atoms with Gasteiger partial charge in [-0.25, -0.2) is 0 Å². The van der Waals surface area contributed by atoms with E-state index in [-0.39, 0.29) is 18.9 Å². The van der Waals surface area contributed by atoms with E-state index in [1.807, 2.05) is 31.2 Å². The van der Waals surface area contributed by atoms with Gasteiger partial charge in [0, 0.05) is 25.2 Å². The van der Waals surface area contributed by atoms with E-state index in [0.29, 0.717) is 12.2 Å². The van der Waals surface area contributed by atoms with Gasteiger partial charge < -0.3 is 10.6 Å². The maximum Gasteiger partial charge on any atom is 0.416 e. The van der Waals surface area contributed by atoms with Crippen molar-refractivity contribution in [2.75, 3.05) is 11.9 Å². The second kappa shape index (κ2) is 7.86. The van der Waals surface area contributed by atoms with E-state index in [0.717, 1.165) is 23.3 Å². The number of benzene rings is 2. The summed E-state index contributed by atoms with van der Waals surface area (Å²) >= 11 is 0. The van der Waals surface area contributed by atoms with E-state index in [4.69, 9.17) is 0 Å². The third-order valence-corrected chi connectivity index (χ3v) is 3.44. The van der Waals surface area contributed by atoms with E-state index in [2.05, 4.69) is 10.6 Å². The Balaban J connectivity index is 1.76. The standard InChI is InChI=1S/C18H19F3N2O/c1-13-4-2-5-14(10-13)12-23-17(24)8-9-22-16-7-3-6-15(11-16)18(19,20)21/h2-7,10-11,22H,8-9,12H2,1H3,(H,23,24). The number of hydrogen-bond donors (Lipinski definition) is 2. The Kier molecular flexibility index (Phi) is 5.84. The largest absolute Gasteiger partial charge is 0.416 e. The summed E-state index contributed by atoms with van der Waals surface area (Å²) < 4.78 is 37.8. The van der Waals surface area contributed by atoms with Crippen LogP contribution in [0, 0.1) is 6.92 Å². The van der Waals surface area contributed by atoms with Crippen molar-refractivity contribution in [1.29, 1.82) is 0 Å². The molecular formula is C18H19F3N2O. The van der Waals surface area contributed by atoms with Crippen molar-refractivity contribution in [2.45, 2.75) is 26.1 Å². The van der Waals surface area contributed by atoms with Crippen LogP contribution in [0.4, 0.5) is 18.9 Å². The first-order valence-electron chi connectivity index (χ1n) is 7.58. The SMILES string of the molecule is Cc1cccc(CNC(=O)CCNc2cccc(C(F)(F)F)c2)c1. The maximum absolute atomic E-state index is 12.6. The number of hydrogen-bond acceptors (Lipinski definition) is 2. The van der Waals surface area contributed by atoms with Crippen molar-refractivity contribution in [2.24, 2.45) is 0 Å². The van der Waals surface area contributed by atoms with Gasteiger partial charge in [-0.1, -0.05) is 35.9 Å². The molecule has 0 aromatic heterocycles. The molecule has 0 saturated carbocycles. The summed E-state index contributed by atoms with van der Waals surface area (Å²) in [5.41, 5.74) is 1.76. The molecule has 6 heteroatoms. The lowest BCUT2D eigenvalue weighted by atomic mass is 10.1. The van der Waals surface area contributed by atoms with Crippen molar-refractivity contribution in [1.82, 2.24) is 5.32 Å². The van der Waals surface area contributed by atoms with Gasteiger partial charge in [0.25, 0.3) is 0 Å². The Morgan fingerprint density at radius 1 is 1.08 bits per heavy atom. The average molecular weight is 336 g/mol. The highest BCUT2D eigenvalue weighted by Gasteiger charge is 2.30. The average Bonchev–Trinajstić information content (AvgIpc) is 2.52. The highest BCUT2D eigenvalue weighted by molar-refractivity contribution is 5.76. The fourth-order valence-electron chi connectivity index (χ4n) is 2.24. The first-order valence-corrected chi connectivity index (χ1v) is 7.58. The lowest BCUT2D eigenvalue weighted by Crippen LogP contribution is -2.24. The van der Waals surface area contributed by atoms with Crippen LogP contribution in [0.15, 0.2) is 48.5 Å². The molecule has 2 aromatic rings. The van der Waals surface area contributed by atoms with Gasteiger partial charge in [0.2, 0.25) is 5.91 Å². The van der Waals surface area contributed by atoms with Gasteiger partial charge in [-0.15, -0.1) is 0 Å². The van der Waals surface area contributed by atoms with Gasteiger partial charge in [-0.2, -0.15) is 13.2 Å². The van der Waals surface area contributed by atoms with Crippen molar-refractivity contribution in [3.05, 3.63) is 65.2 Å². The molecule has 0 aliphatic carbocycles. The Morgan fingerprint density at radius 2 is 1.83 bits per heavy atom. The molecule has 0 heterocycles. The predicted octanol–water partition coefficient (Wildman–Crippen LogP) is 4.13. The van der Waals surface area contributed by atoms with Crippen molar-refractivity contribution >= 4 is 11.6 Å². The van der Waals surface area contributed by atoms with Gasteiger partial charge >= 0.3 is 6.18 Å². The number of carbonyl (C=O) groups excluding carboxylic acids is 1. The van der Waals surface area contributed by atoms with Crippen LogP contribution in [0.1, 0.15) is 23.1 Å². The summed E-state index contributed by atoms with van der Waals surface area (Å²) in [5, 5.41) is 5.62. The fraction of sp³-hybridized carbons (Fsp3) is 0.278. The molecular weight excluding hydrogens is 317 g/mol. The Bertz CT molecular complexity index is 699. The van der Waals surface area contributed by atoms with Crippen LogP contribution in [0.25, 0.3) is 0 Å². The van der Waals surface area contributed by atoms with Crippen LogP contribution in [0.2, 0.25) is 0 Å². The van der Waals surface area contributed by atoms with Crippen LogP contribution >= 0.6 is 0 Å². The third kappa shape index (κ3) is 5.61. The molecule has 0 fully saturated rings. The van der Waals surface area contributed by atoms with E-state index in [1.54, 1.807) is 6.07 Å². The number of nitrogens with one attached hydrogen (secondary N) is 2. The molecule has 0 aliphatic heterocycles. The maximum atomic E-state index is 12.6. The molecule has 0 saturated heterocycles. The van der Waals surface area contributed by atoms with E-state index < -0.39 is 11.7 Å². The second-order valence-corrected chi connectivity index (χ2v) is 5.52. The molecule has 24 heavy (non-hydrogen) atoms. The van der Waals surface area contributed by atoms with Crippen LogP contribution in [0.5, 0.6) is 0 Å². The van der Waals surface area contributed by atoms with Gasteiger partial charge in [-0.05, 0) is 30.7 Å². The zero-order valence-corrected chi connectivity index (χ0v) is 13.3. The fourth-order valence-corrected chi connectivity index (χ4v) is 2.24. The first-order chi connectivity index (χ1) is 11.3. The number of carbonyl (C=O) groups is 1. The highest BCUT2D eigenvalue weighted by Crippen LogP contribution is 2.30. The molecule has 2 aromatic carbocycles. The quantitative estimate of drug-likeness (QED) is 0.833. The molecule has 0 unspecified atom stereocenters. The number of amides is 1. The van der Waals surface area contributed by atoms with Gasteiger partial charge in [0.05, 0.1) is 5.56 Å². The van der Waals surface area contributed by atoms with Gasteiger partial charge in [-0.3, -0.25) is 4.79 Å². The van der Waals surface area contributed by atoms with Crippen LogP contribution in [-0.4, -0.2) is 12.5 Å². The number of alkyl halides is 3. The van der Waals surface area contributed by atoms with E-state index in [1.165, 1.54) is 6.07 Å². The molecule has 0 atom stereocenters. The summed E-state index contributed by atoms with van der Waals surface area (Å²) in [7, 11) is 0. The van der Waals surface area contributed by atoms with Crippen molar-refractivity contribution < 1.29 is 18.0 Å². The molecule has 1 amide bonds. The van der Waals surface area contributed by atoms with E-state index >= 15 is 0 Å². The summed E-state index contributed by atoms with van der Waals surface area (Å²) in [5.74, 6) is -0.156. The van der Waals surface area contributed by atoms with Gasteiger partial charge in [0.1, 0.15) is 0 Å². The first kappa shape index (κ1) is 17.8. The van der Waals surface area contributed by atoms with Crippen LogP contribution in [-0.2, 0) is 17.5 Å². The molecule has 0 spiro atoms. The van der Waals surface area contributed by atoms with Crippen molar-refractivity contribution in [3.8, 4) is 0 Å². The normalized spacial score (nSPS) is 11.2. The minimum absolute atomic E-state index is 0.156. The molecule has 128 valence electrons. The molecule has 0 aliphatic rings. The highest BCUT2D eigenvalue weighted by atomic mass is 19.4.